The smallest absolute Gasteiger partial charge is 0.339 e. The molecule has 1 radical (unpaired) electrons. The zero-order chi connectivity index (χ0) is 9.84. The third-order valence-corrected chi connectivity index (χ3v) is 2.45. The van der Waals surface area contributed by atoms with Crippen LogP contribution in [0.3, 0.4) is 0 Å². The summed E-state index contributed by atoms with van der Waals surface area (Å²) < 4.78 is 5.26. The van der Waals surface area contributed by atoms with Crippen LogP contribution >= 0.6 is 15.9 Å². The Morgan fingerprint density at radius 1 is 1.62 bits per heavy atom. The lowest BCUT2D eigenvalue weighted by Gasteiger charge is -2.03. The van der Waals surface area contributed by atoms with Crippen LogP contribution in [0.25, 0.3) is 0 Å². The molecule has 0 N–H and O–H groups in total. The topological polar surface area (TPSA) is 26.3 Å². The number of hydrogen-bond acceptors (Lipinski definition) is 2. The van der Waals surface area contributed by atoms with E-state index in [2.05, 4.69) is 33.3 Å². The molecular formula is C10H8BrO2. The van der Waals surface area contributed by atoms with Gasteiger partial charge in [0.15, 0.2) is 0 Å². The molecule has 0 aliphatic rings. The molecule has 1 aromatic carbocycles. The van der Waals surface area contributed by atoms with Crippen LogP contribution in [0, 0.1) is 6.08 Å². The maximum Gasteiger partial charge on any atom is 0.339 e. The zero-order valence-electron chi connectivity index (χ0n) is 7.13. The molecule has 0 aromatic heterocycles. The maximum atomic E-state index is 11.2. The Hall–Kier alpha value is -1.09. The van der Waals surface area contributed by atoms with Crippen LogP contribution in [0.4, 0.5) is 0 Å². The van der Waals surface area contributed by atoms with E-state index in [0.717, 1.165) is 5.56 Å². The zero-order valence-corrected chi connectivity index (χ0v) is 8.72. The van der Waals surface area contributed by atoms with Crippen LogP contribution in [-0.4, -0.2) is 13.1 Å². The van der Waals surface area contributed by atoms with Crippen molar-refractivity contribution >= 4 is 21.9 Å². The fourth-order valence-corrected chi connectivity index (χ4v) is 1.50. The molecule has 0 saturated carbocycles. The van der Waals surface area contributed by atoms with Crippen molar-refractivity contribution in [3.05, 3.63) is 46.5 Å². The van der Waals surface area contributed by atoms with E-state index in [9.17, 15) is 4.79 Å². The third kappa shape index (κ3) is 1.98. The highest BCUT2D eigenvalue weighted by atomic mass is 79.9. The average Bonchev–Trinajstić information content (AvgIpc) is 2.17. The summed E-state index contributed by atoms with van der Waals surface area (Å²) in [6, 6.07) is 5.24. The average molecular weight is 240 g/mol. The summed E-state index contributed by atoms with van der Waals surface area (Å²) in [5.41, 5.74) is 1.24. The van der Waals surface area contributed by atoms with Crippen molar-refractivity contribution in [1.29, 1.82) is 0 Å². The Labute approximate surface area is 85.3 Å². The van der Waals surface area contributed by atoms with Crippen LogP contribution in [0.2, 0.25) is 0 Å². The predicted molar refractivity (Wildman–Crippen MR) is 53.5 cm³/mol. The van der Waals surface area contributed by atoms with E-state index in [1.807, 2.05) is 6.07 Å². The molecule has 1 aromatic rings. The molecule has 0 aliphatic carbocycles. The summed E-state index contributed by atoms with van der Waals surface area (Å²) in [6.07, 6.45) is 2.71. The molecule has 0 atom stereocenters. The first-order chi connectivity index (χ1) is 6.20. The van der Waals surface area contributed by atoms with E-state index >= 15 is 0 Å². The first-order valence-corrected chi connectivity index (χ1v) is 4.40. The molecular weight excluding hydrogens is 232 g/mol. The summed E-state index contributed by atoms with van der Waals surface area (Å²) in [6.45, 7) is 3.51. The van der Waals surface area contributed by atoms with Crippen molar-refractivity contribution < 1.29 is 9.53 Å². The molecule has 3 heteroatoms. The van der Waals surface area contributed by atoms with Crippen LogP contribution in [-0.2, 0) is 4.74 Å². The van der Waals surface area contributed by atoms with E-state index in [1.54, 1.807) is 12.1 Å². The molecule has 1 rings (SSSR count). The monoisotopic (exact) mass is 239 g/mol. The van der Waals surface area contributed by atoms with Crippen molar-refractivity contribution in [3.8, 4) is 0 Å². The quantitative estimate of drug-likeness (QED) is 0.742. The Kier molecular flexibility index (Phi) is 3.25. The first kappa shape index (κ1) is 9.99. The van der Waals surface area contributed by atoms with Gasteiger partial charge in [0.2, 0.25) is 0 Å². The van der Waals surface area contributed by atoms with Crippen LogP contribution < -0.4 is 0 Å². The minimum Gasteiger partial charge on any atom is -0.465 e. The second kappa shape index (κ2) is 4.23. The summed E-state index contributed by atoms with van der Waals surface area (Å²) >= 11 is 3.28. The van der Waals surface area contributed by atoms with Crippen molar-refractivity contribution in [2.75, 3.05) is 7.11 Å². The highest BCUT2D eigenvalue weighted by Crippen LogP contribution is 2.22. The third-order valence-electron chi connectivity index (χ3n) is 1.59. The number of carbonyl (C=O) groups is 1. The van der Waals surface area contributed by atoms with Gasteiger partial charge in [-0.2, -0.15) is 0 Å². The number of ether oxygens (including phenoxy) is 1. The number of benzene rings is 1. The molecule has 0 amide bonds. The molecule has 0 saturated heterocycles. The molecule has 0 bridgehead atoms. The van der Waals surface area contributed by atoms with Crippen molar-refractivity contribution in [1.82, 2.24) is 0 Å². The number of esters is 1. The molecule has 2 nitrogen and oxygen atoms in total. The van der Waals surface area contributed by atoms with Gasteiger partial charge >= 0.3 is 5.97 Å². The van der Waals surface area contributed by atoms with Crippen LogP contribution in [0.15, 0.2) is 29.3 Å². The molecule has 0 unspecified atom stereocenters. The maximum absolute atomic E-state index is 11.2. The lowest BCUT2D eigenvalue weighted by Crippen LogP contribution is -2.02. The van der Waals surface area contributed by atoms with E-state index in [4.69, 9.17) is 0 Å². The number of halogens is 1. The Morgan fingerprint density at radius 3 is 2.85 bits per heavy atom. The number of hydrogen-bond donors (Lipinski definition) is 0. The van der Waals surface area contributed by atoms with Crippen molar-refractivity contribution in [3.63, 3.8) is 0 Å². The van der Waals surface area contributed by atoms with Gasteiger partial charge < -0.3 is 4.74 Å². The second-order valence-electron chi connectivity index (χ2n) is 2.34. The highest BCUT2D eigenvalue weighted by molar-refractivity contribution is 9.10. The van der Waals surface area contributed by atoms with Crippen molar-refractivity contribution in [2.45, 2.75) is 0 Å². The van der Waals surface area contributed by atoms with Crippen LogP contribution in [0.5, 0.6) is 0 Å². The SMILES string of the molecule is C=[C]c1cccc(C(=O)OC)c1Br. The Balaban J connectivity index is 3.23. The summed E-state index contributed by atoms with van der Waals surface area (Å²) in [5, 5.41) is 0. The van der Waals surface area contributed by atoms with Gasteiger partial charge in [0.1, 0.15) is 0 Å². The normalized spacial score (nSPS) is 9.38. The molecule has 0 heterocycles. The van der Waals surface area contributed by atoms with Crippen LogP contribution in [0.1, 0.15) is 15.9 Å². The molecule has 0 aliphatic heterocycles. The molecule has 13 heavy (non-hydrogen) atoms. The molecule has 0 spiro atoms. The summed E-state index contributed by atoms with van der Waals surface area (Å²) in [5.74, 6) is -0.371. The van der Waals surface area contributed by atoms with E-state index < -0.39 is 0 Å². The first-order valence-electron chi connectivity index (χ1n) is 3.60. The predicted octanol–water partition coefficient (Wildman–Crippen LogP) is 2.57. The van der Waals surface area contributed by atoms with Gasteiger partial charge in [0.05, 0.1) is 12.7 Å². The lowest BCUT2D eigenvalue weighted by atomic mass is 10.1. The molecule has 67 valence electrons. The number of carbonyl (C=O) groups excluding carboxylic acids is 1. The number of rotatable bonds is 2. The second-order valence-corrected chi connectivity index (χ2v) is 3.13. The van der Waals surface area contributed by atoms with E-state index in [1.165, 1.54) is 7.11 Å². The van der Waals surface area contributed by atoms with Crippen molar-refractivity contribution in [2.24, 2.45) is 0 Å². The van der Waals surface area contributed by atoms with Gasteiger partial charge in [0, 0.05) is 4.47 Å². The van der Waals surface area contributed by atoms with E-state index in [0.29, 0.717) is 10.0 Å². The number of methoxy groups -OCH3 is 1. The fraction of sp³-hybridized carbons (Fsp3) is 0.100. The fourth-order valence-electron chi connectivity index (χ4n) is 0.936. The highest BCUT2D eigenvalue weighted by Gasteiger charge is 2.11. The van der Waals surface area contributed by atoms with Gasteiger partial charge in [0.25, 0.3) is 0 Å². The lowest BCUT2D eigenvalue weighted by molar-refractivity contribution is 0.0599. The van der Waals surface area contributed by atoms with Gasteiger partial charge in [-0.25, -0.2) is 4.79 Å². The van der Waals surface area contributed by atoms with E-state index in [-0.39, 0.29) is 5.97 Å². The summed E-state index contributed by atoms with van der Waals surface area (Å²) in [4.78, 5) is 11.2. The van der Waals surface area contributed by atoms with Gasteiger partial charge in [-0.1, -0.05) is 18.7 Å². The Morgan fingerprint density at radius 2 is 2.31 bits per heavy atom. The largest absolute Gasteiger partial charge is 0.465 e. The summed E-state index contributed by atoms with van der Waals surface area (Å²) in [7, 11) is 1.35. The van der Waals surface area contributed by atoms with Gasteiger partial charge in [-0.15, -0.1) is 0 Å². The minimum atomic E-state index is -0.371. The van der Waals surface area contributed by atoms with Gasteiger partial charge in [-0.05, 0) is 33.6 Å². The van der Waals surface area contributed by atoms with Gasteiger partial charge in [-0.3, -0.25) is 0 Å². The Bertz CT molecular complexity index is 345. The minimum absolute atomic E-state index is 0.371. The molecule has 0 fully saturated rings. The standard InChI is InChI=1S/C10H8BrO2/c1-3-7-5-4-6-8(9(7)11)10(12)13-2/h4-6H,1H2,2H3.